The van der Waals surface area contributed by atoms with Gasteiger partial charge in [0.2, 0.25) is 0 Å². The second-order valence-electron chi connectivity index (χ2n) is 5.20. The Morgan fingerprint density at radius 3 is 2.43 bits per heavy atom. The molecule has 0 aliphatic carbocycles. The van der Waals surface area contributed by atoms with Gasteiger partial charge in [-0.25, -0.2) is 0 Å². The fourth-order valence-corrected chi connectivity index (χ4v) is 2.38. The highest BCUT2D eigenvalue weighted by atomic mass is 15.1. The molecule has 0 saturated heterocycles. The van der Waals surface area contributed by atoms with Gasteiger partial charge in [-0.05, 0) is 35.9 Å². The van der Waals surface area contributed by atoms with Crippen LogP contribution in [-0.4, -0.2) is 27.1 Å². The molecule has 4 nitrogen and oxygen atoms in total. The molecule has 1 N–H and O–H groups in total. The Morgan fingerprint density at radius 1 is 0.952 bits per heavy atom. The van der Waals surface area contributed by atoms with Crippen LogP contribution in [0.2, 0.25) is 0 Å². The van der Waals surface area contributed by atoms with Gasteiger partial charge in [-0.3, -0.25) is 15.0 Å². The first-order valence-electron chi connectivity index (χ1n) is 6.97. The predicted molar refractivity (Wildman–Crippen MR) is 83.4 cm³/mol. The molecule has 0 bridgehead atoms. The van der Waals surface area contributed by atoms with Gasteiger partial charge in [0.1, 0.15) is 0 Å². The summed E-state index contributed by atoms with van der Waals surface area (Å²) in [7, 11) is 2.12. The van der Waals surface area contributed by atoms with Crippen molar-refractivity contribution in [1.29, 1.82) is 0 Å². The van der Waals surface area contributed by atoms with Crippen molar-refractivity contribution < 1.29 is 0 Å². The second-order valence-corrected chi connectivity index (χ2v) is 5.20. The summed E-state index contributed by atoms with van der Waals surface area (Å²) in [6, 6.07) is 14.6. The van der Waals surface area contributed by atoms with E-state index < -0.39 is 0 Å². The van der Waals surface area contributed by atoms with Crippen molar-refractivity contribution in [3.63, 3.8) is 0 Å². The minimum absolute atomic E-state index is 0.899. The molecule has 0 spiro atoms. The molecule has 0 radical (unpaired) electrons. The number of rotatable bonds is 5. The third kappa shape index (κ3) is 3.55. The zero-order chi connectivity index (χ0) is 14.5. The van der Waals surface area contributed by atoms with Crippen LogP contribution < -0.4 is 0 Å². The van der Waals surface area contributed by atoms with Gasteiger partial charge in [-0.15, -0.1) is 0 Å². The second kappa shape index (κ2) is 6.33. The maximum atomic E-state index is 4.15. The maximum absolute atomic E-state index is 4.15. The van der Waals surface area contributed by atoms with E-state index in [1.54, 1.807) is 12.4 Å². The smallest absolute Gasteiger partial charge is 0.0650 e. The Hall–Kier alpha value is -2.46. The SMILES string of the molecule is CN(Cc1ccc(-c2ccn[nH]2)cc1)Cc1cccnc1. The van der Waals surface area contributed by atoms with Crippen LogP contribution in [0.15, 0.2) is 61.1 Å². The van der Waals surface area contributed by atoms with Crippen LogP contribution in [0.1, 0.15) is 11.1 Å². The molecule has 0 aliphatic heterocycles. The Bertz CT molecular complexity index is 660. The molecule has 4 heteroatoms. The highest BCUT2D eigenvalue weighted by Gasteiger charge is 2.03. The number of H-pyrrole nitrogens is 1. The van der Waals surface area contributed by atoms with E-state index in [-0.39, 0.29) is 0 Å². The van der Waals surface area contributed by atoms with Gasteiger partial charge < -0.3 is 0 Å². The fraction of sp³-hybridized carbons (Fsp3) is 0.176. The lowest BCUT2D eigenvalue weighted by molar-refractivity contribution is 0.318. The number of nitrogens with zero attached hydrogens (tertiary/aromatic N) is 3. The summed E-state index contributed by atoms with van der Waals surface area (Å²) >= 11 is 0. The quantitative estimate of drug-likeness (QED) is 0.780. The zero-order valence-electron chi connectivity index (χ0n) is 12.0. The van der Waals surface area contributed by atoms with E-state index in [4.69, 9.17) is 0 Å². The van der Waals surface area contributed by atoms with E-state index in [1.807, 2.05) is 18.3 Å². The molecule has 2 aromatic heterocycles. The molecule has 0 amide bonds. The fourth-order valence-electron chi connectivity index (χ4n) is 2.38. The average molecular weight is 278 g/mol. The molecule has 3 aromatic rings. The molecule has 0 saturated carbocycles. The first-order chi connectivity index (χ1) is 10.3. The number of aromatic amines is 1. The van der Waals surface area contributed by atoms with Gasteiger partial charge >= 0.3 is 0 Å². The maximum Gasteiger partial charge on any atom is 0.0650 e. The van der Waals surface area contributed by atoms with Crippen molar-refractivity contribution >= 4 is 0 Å². The Morgan fingerprint density at radius 2 is 1.76 bits per heavy atom. The zero-order valence-corrected chi connectivity index (χ0v) is 12.0. The summed E-state index contributed by atoms with van der Waals surface area (Å²) in [5, 5.41) is 6.96. The van der Waals surface area contributed by atoms with E-state index in [0.717, 1.165) is 24.3 Å². The molecule has 0 atom stereocenters. The van der Waals surface area contributed by atoms with Crippen LogP contribution in [0.25, 0.3) is 11.3 Å². The van der Waals surface area contributed by atoms with E-state index in [0.29, 0.717) is 0 Å². The number of hydrogen-bond donors (Lipinski definition) is 1. The van der Waals surface area contributed by atoms with Crippen molar-refractivity contribution in [2.45, 2.75) is 13.1 Å². The number of aromatic nitrogens is 3. The van der Waals surface area contributed by atoms with Crippen molar-refractivity contribution in [1.82, 2.24) is 20.1 Å². The van der Waals surface area contributed by atoms with Crippen LogP contribution in [0.5, 0.6) is 0 Å². The Kier molecular flexibility index (Phi) is 4.07. The van der Waals surface area contributed by atoms with E-state index >= 15 is 0 Å². The lowest BCUT2D eigenvalue weighted by atomic mass is 10.1. The highest BCUT2D eigenvalue weighted by Crippen LogP contribution is 2.17. The lowest BCUT2D eigenvalue weighted by Gasteiger charge is -2.16. The molecule has 0 fully saturated rings. The van der Waals surface area contributed by atoms with Crippen LogP contribution >= 0.6 is 0 Å². The van der Waals surface area contributed by atoms with Crippen LogP contribution in [0.3, 0.4) is 0 Å². The molecule has 106 valence electrons. The van der Waals surface area contributed by atoms with Gasteiger partial charge in [-0.1, -0.05) is 30.3 Å². The Labute approximate surface area is 124 Å². The number of hydrogen-bond acceptors (Lipinski definition) is 3. The molecular formula is C17H18N4. The summed E-state index contributed by atoms with van der Waals surface area (Å²) in [5.41, 5.74) is 4.73. The van der Waals surface area contributed by atoms with Crippen molar-refractivity contribution in [2.24, 2.45) is 0 Å². The molecule has 0 aliphatic rings. The number of pyridine rings is 1. The lowest BCUT2D eigenvalue weighted by Crippen LogP contribution is -2.17. The minimum Gasteiger partial charge on any atom is -0.298 e. The van der Waals surface area contributed by atoms with Crippen molar-refractivity contribution in [3.05, 3.63) is 72.2 Å². The first-order valence-corrected chi connectivity index (χ1v) is 6.97. The molecule has 21 heavy (non-hydrogen) atoms. The van der Waals surface area contributed by atoms with Gasteiger partial charge in [0.05, 0.1) is 5.69 Å². The summed E-state index contributed by atoms with van der Waals surface area (Å²) in [5.74, 6) is 0. The molecule has 0 unspecified atom stereocenters. The van der Waals surface area contributed by atoms with Crippen LogP contribution in [0.4, 0.5) is 0 Å². The third-order valence-corrected chi connectivity index (χ3v) is 3.39. The Balaban J connectivity index is 1.62. The van der Waals surface area contributed by atoms with Crippen molar-refractivity contribution in [3.8, 4) is 11.3 Å². The highest BCUT2D eigenvalue weighted by molar-refractivity contribution is 5.58. The monoisotopic (exact) mass is 278 g/mol. The standard InChI is InChI=1S/C17H18N4/c1-21(13-15-3-2-9-18-11-15)12-14-4-6-16(7-5-14)17-8-10-19-20-17/h2-11H,12-13H2,1H3,(H,19,20). The number of benzene rings is 1. The van der Waals surface area contributed by atoms with Gasteiger partial charge in [0.15, 0.2) is 0 Å². The summed E-state index contributed by atoms with van der Waals surface area (Å²) < 4.78 is 0. The third-order valence-electron chi connectivity index (χ3n) is 3.39. The van der Waals surface area contributed by atoms with E-state index in [9.17, 15) is 0 Å². The average Bonchev–Trinajstić information content (AvgIpc) is 3.03. The topological polar surface area (TPSA) is 44.8 Å². The van der Waals surface area contributed by atoms with Crippen LogP contribution in [0, 0.1) is 0 Å². The molecule has 1 aromatic carbocycles. The molecule has 2 heterocycles. The predicted octanol–water partition coefficient (Wildman–Crippen LogP) is 3.10. The largest absolute Gasteiger partial charge is 0.298 e. The summed E-state index contributed by atoms with van der Waals surface area (Å²) in [6.45, 7) is 1.81. The van der Waals surface area contributed by atoms with Crippen molar-refractivity contribution in [2.75, 3.05) is 7.05 Å². The summed E-state index contributed by atoms with van der Waals surface area (Å²) in [6.07, 6.45) is 5.49. The molecular weight excluding hydrogens is 260 g/mol. The summed E-state index contributed by atoms with van der Waals surface area (Å²) in [4.78, 5) is 6.43. The molecule has 3 rings (SSSR count). The minimum atomic E-state index is 0.899. The van der Waals surface area contributed by atoms with Crippen LogP contribution in [-0.2, 0) is 13.1 Å². The first kappa shape index (κ1) is 13.5. The van der Waals surface area contributed by atoms with E-state index in [1.165, 1.54) is 11.1 Å². The van der Waals surface area contributed by atoms with Gasteiger partial charge in [0.25, 0.3) is 0 Å². The van der Waals surface area contributed by atoms with Gasteiger partial charge in [-0.2, -0.15) is 5.10 Å². The number of nitrogens with one attached hydrogen (secondary N) is 1. The van der Waals surface area contributed by atoms with Gasteiger partial charge in [0, 0.05) is 31.7 Å². The normalized spacial score (nSPS) is 11.0. The van der Waals surface area contributed by atoms with E-state index in [2.05, 4.69) is 57.5 Å².